The first-order valence-corrected chi connectivity index (χ1v) is 10.1. The Kier molecular flexibility index (Phi) is 6.01. The summed E-state index contributed by atoms with van der Waals surface area (Å²) in [6.07, 6.45) is 6.17. The zero-order chi connectivity index (χ0) is 19.2. The zero-order valence-corrected chi connectivity index (χ0v) is 16.1. The van der Waals surface area contributed by atoms with Gasteiger partial charge < -0.3 is 20.3 Å². The SMILES string of the molecule is O=C(Nc1ccccc1N1CCOCC1)c1ccc(NC2CCCCC2)nn1. The summed E-state index contributed by atoms with van der Waals surface area (Å²) in [5, 5.41) is 14.7. The van der Waals surface area contributed by atoms with E-state index in [1.54, 1.807) is 6.07 Å². The van der Waals surface area contributed by atoms with Crippen molar-refractivity contribution in [1.82, 2.24) is 10.2 Å². The zero-order valence-electron chi connectivity index (χ0n) is 16.1. The molecule has 2 aromatic rings. The molecule has 2 heterocycles. The van der Waals surface area contributed by atoms with Crippen LogP contribution < -0.4 is 15.5 Å². The summed E-state index contributed by atoms with van der Waals surface area (Å²) in [5.41, 5.74) is 2.09. The molecule has 0 bridgehead atoms. The van der Waals surface area contributed by atoms with Crippen LogP contribution in [0.5, 0.6) is 0 Å². The number of hydrogen-bond acceptors (Lipinski definition) is 6. The number of benzene rings is 1. The first kappa shape index (κ1) is 18.7. The summed E-state index contributed by atoms with van der Waals surface area (Å²) >= 11 is 0. The highest BCUT2D eigenvalue weighted by Crippen LogP contribution is 2.27. The largest absolute Gasteiger partial charge is 0.378 e. The number of rotatable bonds is 5. The number of aromatic nitrogens is 2. The molecule has 2 N–H and O–H groups in total. The Hall–Kier alpha value is -2.67. The summed E-state index contributed by atoms with van der Waals surface area (Å²) in [7, 11) is 0. The van der Waals surface area contributed by atoms with Gasteiger partial charge >= 0.3 is 0 Å². The van der Waals surface area contributed by atoms with Gasteiger partial charge in [0.2, 0.25) is 0 Å². The van der Waals surface area contributed by atoms with Crippen molar-refractivity contribution in [2.45, 2.75) is 38.1 Å². The number of nitrogens with one attached hydrogen (secondary N) is 2. The standard InChI is InChI=1S/C21H27N5O2/c27-21(18-10-11-20(25-24-18)22-16-6-2-1-3-7-16)23-17-8-4-5-9-19(17)26-12-14-28-15-13-26/h4-5,8-11,16H,1-3,6-7,12-15H2,(H,22,25)(H,23,27). The highest BCUT2D eigenvalue weighted by molar-refractivity contribution is 6.04. The number of anilines is 3. The molecule has 0 atom stereocenters. The molecule has 1 saturated heterocycles. The Bertz CT molecular complexity index is 784. The Morgan fingerprint density at radius 2 is 1.79 bits per heavy atom. The van der Waals surface area contributed by atoms with Gasteiger partial charge in [-0.05, 0) is 37.1 Å². The molecule has 28 heavy (non-hydrogen) atoms. The fourth-order valence-electron chi connectivity index (χ4n) is 3.83. The Morgan fingerprint density at radius 1 is 1.00 bits per heavy atom. The minimum atomic E-state index is -0.252. The Balaban J connectivity index is 1.41. The van der Waals surface area contributed by atoms with E-state index in [9.17, 15) is 4.79 Å². The molecule has 148 valence electrons. The van der Waals surface area contributed by atoms with E-state index in [1.165, 1.54) is 32.1 Å². The van der Waals surface area contributed by atoms with Crippen molar-refractivity contribution >= 4 is 23.1 Å². The second kappa shape index (κ2) is 9.01. The third-order valence-corrected chi connectivity index (χ3v) is 5.36. The van der Waals surface area contributed by atoms with E-state index in [-0.39, 0.29) is 5.91 Å². The van der Waals surface area contributed by atoms with Crippen LogP contribution in [0.15, 0.2) is 36.4 Å². The molecule has 1 aromatic heterocycles. The lowest BCUT2D eigenvalue weighted by atomic mass is 9.95. The fourth-order valence-corrected chi connectivity index (χ4v) is 3.83. The topological polar surface area (TPSA) is 79.4 Å². The van der Waals surface area contributed by atoms with E-state index in [1.807, 2.05) is 30.3 Å². The van der Waals surface area contributed by atoms with Crippen molar-refractivity contribution in [2.24, 2.45) is 0 Å². The third-order valence-electron chi connectivity index (χ3n) is 5.36. The highest BCUT2D eigenvalue weighted by Gasteiger charge is 2.18. The molecule has 1 saturated carbocycles. The molecule has 0 spiro atoms. The van der Waals surface area contributed by atoms with Crippen molar-refractivity contribution in [3.63, 3.8) is 0 Å². The first-order valence-electron chi connectivity index (χ1n) is 10.1. The van der Waals surface area contributed by atoms with Crippen LogP contribution in [-0.2, 0) is 4.74 Å². The molecular weight excluding hydrogens is 354 g/mol. The van der Waals surface area contributed by atoms with Gasteiger partial charge in [-0.3, -0.25) is 4.79 Å². The van der Waals surface area contributed by atoms with Crippen LogP contribution in [0.3, 0.4) is 0 Å². The number of hydrogen-bond donors (Lipinski definition) is 2. The number of ether oxygens (including phenoxy) is 1. The average Bonchev–Trinajstić information content (AvgIpc) is 2.76. The second-order valence-electron chi connectivity index (χ2n) is 7.35. The smallest absolute Gasteiger partial charge is 0.276 e. The minimum Gasteiger partial charge on any atom is -0.378 e. The van der Waals surface area contributed by atoms with Crippen LogP contribution in [-0.4, -0.2) is 48.4 Å². The lowest BCUT2D eigenvalue weighted by Gasteiger charge is -2.30. The molecule has 1 aromatic carbocycles. The lowest BCUT2D eigenvalue weighted by molar-refractivity contribution is 0.102. The molecule has 0 unspecified atom stereocenters. The molecule has 2 aliphatic rings. The van der Waals surface area contributed by atoms with Crippen molar-refractivity contribution in [1.29, 1.82) is 0 Å². The van der Waals surface area contributed by atoms with Gasteiger partial charge in [0.15, 0.2) is 5.69 Å². The summed E-state index contributed by atoms with van der Waals surface area (Å²) in [6, 6.07) is 11.9. The summed E-state index contributed by atoms with van der Waals surface area (Å²) in [6.45, 7) is 3.02. The van der Waals surface area contributed by atoms with Crippen LogP contribution in [0.25, 0.3) is 0 Å². The molecule has 7 nitrogen and oxygen atoms in total. The van der Waals surface area contributed by atoms with Gasteiger partial charge in [0.05, 0.1) is 24.6 Å². The summed E-state index contributed by atoms with van der Waals surface area (Å²) < 4.78 is 5.42. The fraction of sp³-hybridized carbons (Fsp3) is 0.476. The quantitative estimate of drug-likeness (QED) is 0.827. The molecule has 1 amide bonds. The number of morpholine rings is 1. The van der Waals surface area contributed by atoms with Crippen LogP contribution >= 0.6 is 0 Å². The maximum atomic E-state index is 12.7. The Morgan fingerprint density at radius 3 is 2.54 bits per heavy atom. The molecule has 1 aliphatic heterocycles. The summed E-state index contributed by atoms with van der Waals surface area (Å²) in [4.78, 5) is 14.9. The van der Waals surface area contributed by atoms with Gasteiger partial charge in [-0.25, -0.2) is 0 Å². The predicted octanol–water partition coefficient (Wildman–Crippen LogP) is 3.31. The Labute approximate surface area is 165 Å². The number of carbonyl (C=O) groups excluding carboxylic acids is 1. The van der Waals surface area contributed by atoms with Crippen LogP contribution in [0.2, 0.25) is 0 Å². The van der Waals surface area contributed by atoms with Crippen molar-refractivity contribution < 1.29 is 9.53 Å². The molecular formula is C21H27N5O2. The summed E-state index contributed by atoms with van der Waals surface area (Å²) in [5.74, 6) is 0.481. The average molecular weight is 381 g/mol. The number of amides is 1. The molecule has 0 radical (unpaired) electrons. The molecule has 2 fully saturated rings. The van der Waals surface area contributed by atoms with Crippen molar-refractivity contribution in [3.8, 4) is 0 Å². The second-order valence-corrected chi connectivity index (χ2v) is 7.35. The number of carbonyl (C=O) groups is 1. The number of nitrogens with zero attached hydrogens (tertiary/aromatic N) is 3. The monoisotopic (exact) mass is 381 g/mol. The lowest BCUT2D eigenvalue weighted by Crippen LogP contribution is -2.36. The number of para-hydroxylation sites is 2. The van der Waals surface area contributed by atoms with Gasteiger partial charge in [-0.2, -0.15) is 0 Å². The van der Waals surface area contributed by atoms with Crippen LogP contribution in [0, 0.1) is 0 Å². The van der Waals surface area contributed by atoms with Crippen LogP contribution in [0.4, 0.5) is 17.2 Å². The minimum absolute atomic E-state index is 0.252. The van der Waals surface area contributed by atoms with Gasteiger partial charge in [0, 0.05) is 19.1 Å². The van der Waals surface area contributed by atoms with E-state index < -0.39 is 0 Å². The normalized spacial score (nSPS) is 17.9. The van der Waals surface area contributed by atoms with E-state index in [0.29, 0.717) is 24.9 Å². The highest BCUT2D eigenvalue weighted by atomic mass is 16.5. The van der Waals surface area contributed by atoms with E-state index in [2.05, 4.69) is 25.7 Å². The first-order chi connectivity index (χ1) is 13.8. The van der Waals surface area contributed by atoms with Gasteiger partial charge in [-0.1, -0.05) is 31.4 Å². The van der Waals surface area contributed by atoms with Crippen molar-refractivity contribution in [2.75, 3.05) is 41.8 Å². The van der Waals surface area contributed by atoms with E-state index in [4.69, 9.17) is 4.74 Å². The van der Waals surface area contributed by atoms with E-state index in [0.717, 1.165) is 30.3 Å². The maximum absolute atomic E-state index is 12.7. The van der Waals surface area contributed by atoms with Gasteiger partial charge in [0.25, 0.3) is 5.91 Å². The van der Waals surface area contributed by atoms with Gasteiger partial charge in [-0.15, -0.1) is 10.2 Å². The van der Waals surface area contributed by atoms with Crippen LogP contribution in [0.1, 0.15) is 42.6 Å². The van der Waals surface area contributed by atoms with Crippen molar-refractivity contribution in [3.05, 3.63) is 42.1 Å². The molecule has 7 heteroatoms. The van der Waals surface area contributed by atoms with Gasteiger partial charge in [0.1, 0.15) is 5.82 Å². The van der Waals surface area contributed by atoms with E-state index >= 15 is 0 Å². The third kappa shape index (κ3) is 4.59. The maximum Gasteiger partial charge on any atom is 0.276 e. The molecule has 1 aliphatic carbocycles. The molecule has 4 rings (SSSR count). The predicted molar refractivity (Wildman–Crippen MR) is 110 cm³/mol.